The lowest BCUT2D eigenvalue weighted by Crippen LogP contribution is -2.11. The number of aryl methyl sites for hydroxylation is 2. The molecule has 2 nitrogen and oxygen atoms in total. The maximum Gasteiger partial charge on any atom is 0.306 e. The Morgan fingerprint density at radius 3 is 1.25 bits per heavy atom. The van der Waals surface area contributed by atoms with Crippen molar-refractivity contribution < 1.29 is 9.90 Å². The second-order valence-corrected chi connectivity index (χ2v) is 6.61. The van der Waals surface area contributed by atoms with Crippen molar-refractivity contribution in [1.29, 1.82) is 0 Å². The van der Waals surface area contributed by atoms with Crippen LogP contribution in [-0.4, -0.2) is 11.1 Å². The predicted molar refractivity (Wildman–Crippen MR) is 119 cm³/mol. The van der Waals surface area contributed by atoms with Crippen molar-refractivity contribution >= 4 is 5.97 Å². The first-order valence-corrected chi connectivity index (χ1v) is 9.91. The Balaban J connectivity index is 0.000000217. The highest BCUT2D eigenvalue weighted by atomic mass is 16.4. The highest BCUT2D eigenvalue weighted by molar-refractivity contribution is 5.69. The van der Waals surface area contributed by atoms with Crippen molar-refractivity contribution in [3.8, 4) is 0 Å². The van der Waals surface area contributed by atoms with Gasteiger partial charge in [0.2, 0.25) is 0 Å². The third-order valence-corrected chi connectivity index (χ3v) is 4.31. The van der Waals surface area contributed by atoms with Crippen LogP contribution in [0.4, 0.5) is 0 Å². The van der Waals surface area contributed by atoms with Crippen LogP contribution in [-0.2, 0) is 24.1 Å². The fraction of sp³-hybridized carbons (Fsp3) is 0.269. The molecule has 0 aliphatic rings. The minimum Gasteiger partial charge on any atom is -0.481 e. The zero-order chi connectivity index (χ0) is 20.6. The van der Waals surface area contributed by atoms with Crippen molar-refractivity contribution in [3.05, 3.63) is 108 Å². The van der Waals surface area contributed by atoms with Gasteiger partial charge in [0.1, 0.15) is 0 Å². The standard InChI is InChI=1S/C10H12O2.2C8H10/c1-8(10(11)12)7-9-5-3-2-4-6-9;2*1-2-8-6-4-3-5-7-8/h2-6,8H,7H2,1H3,(H,11,12);2*3-7H,2H2,1H3/t8-;;/m0../s1. The van der Waals surface area contributed by atoms with Gasteiger partial charge in [-0.15, -0.1) is 0 Å². The third-order valence-electron chi connectivity index (χ3n) is 4.31. The molecule has 0 unspecified atom stereocenters. The lowest BCUT2D eigenvalue weighted by Gasteiger charge is -2.04. The zero-order valence-electron chi connectivity index (χ0n) is 17.2. The van der Waals surface area contributed by atoms with Crippen LogP contribution in [0.3, 0.4) is 0 Å². The molecule has 0 aromatic heterocycles. The second-order valence-electron chi connectivity index (χ2n) is 6.61. The molecular formula is C26H32O2. The van der Waals surface area contributed by atoms with E-state index in [1.165, 1.54) is 11.1 Å². The normalized spacial score (nSPS) is 10.5. The van der Waals surface area contributed by atoms with Gasteiger partial charge in [0.15, 0.2) is 0 Å². The Kier molecular flexibility index (Phi) is 11.8. The molecule has 0 heterocycles. The first-order valence-electron chi connectivity index (χ1n) is 9.91. The first-order chi connectivity index (χ1) is 13.6. The molecule has 1 N–H and O–H groups in total. The Bertz CT molecular complexity index is 713. The summed E-state index contributed by atoms with van der Waals surface area (Å²) in [4.78, 5) is 10.5. The lowest BCUT2D eigenvalue weighted by atomic mass is 10.0. The van der Waals surface area contributed by atoms with Crippen LogP contribution in [0.1, 0.15) is 37.5 Å². The van der Waals surface area contributed by atoms with Crippen molar-refractivity contribution in [3.63, 3.8) is 0 Å². The number of carboxylic acid groups (broad SMARTS) is 1. The van der Waals surface area contributed by atoms with Crippen LogP contribution in [0.25, 0.3) is 0 Å². The fourth-order valence-electron chi connectivity index (χ4n) is 2.48. The van der Waals surface area contributed by atoms with E-state index in [0.717, 1.165) is 18.4 Å². The van der Waals surface area contributed by atoms with Gasteiger partial charge in [0.25, 0.3) is 0 Å². The molecule has 0 saturated carbocycles. The maximum absolute atomic E-state index is 10.5. The topological polar surface area (TPSA) is 37.3 Å². The number of aliphatic carboxylic acids is 1. The van der Waals surface area contributed by atoms with Gasteiger partial charge in [0, 0.05) is 0 Å². The molecule has 148 valence electrons. The van der Waals surface area contributed by atoms with Gasteiger partial charge < -0.3 is 5.11 Å². The minimum absolute atomic E-state index is 0.299. The first kappa shape index (κ1) is 23.2. The second kappa shape index (κ2) is 14.2. The number of hydrogen-bond donors (Lipinski definition) is 1. The Labute approximate surface area is 169 Å². The molecular weight excluding hydrogens is 344 g/mol. The van der Waals surface area contributed by atoms with E-state index < -0.39 is 5.97 Å². The SMILES string of the molecule is CCc1ccccc1.CCc1ccccc1.C[C@@H](Cc1ccccc1)C(=O)O. The summed E-state index contributed by atoms with van der Waals surface area (Å²) >= 11 is 0. The Morgan fingerprint density at radius 1 is 0.679 bits per heavy atom. The molecule has 0 spiro atoms. The third kappa shape index (κ3) is 10.3. The highest BCUT2D eigenvalue weighted by Gasteiger charge is 2.10. The smallest absolute Gasteiger partial charge is 0.306 e. The van der Waals surface area contributed by atoms with Crippen LogP contribution in [0.5, 0.6) is 0 Å². The summed E-state index contributed by atoms with van der Waals surface area (Å²) in [6, 6.07) is 30.6. The van der Waals surface area contributed by atoms with E-state index in [4.69, 9.17) is 5.11 Å². The summed E-state index contributed by atoms with van der Waals surface area (Å²) in [5.74, 6) is -1.04. The van der Waals surface area contributed by atoms with E-state index in [0.29, 0.717) is 6.42 Å². The molecule has 28 heavy (non-hydrogen) atoms. The summed E-state index contributed by atoms with van der Waals surface area (Å²) in [6.45, 7) is 6.04. The Morgan fingerprint density at radius 2 is 1.00 bits per heavy atom. The molecule has 2 heteroatoms. The van der Waals surface area contributed by atoms with E-state index in [2.05, 4.69) is 62.4 Å². The molecule has 0 saturated heterocycles. The van der Waals surface area contributed by atoms with E-state index in [-0.39, 0.29) is 5.92 Å². The zero-order valence-corrected chi connectivity index (χ0v) is 17.2. The van der Waals surface area contributed by atoms with Gasteiger partial charge in [-0.3, -0.25) is 4.79 Å². The molecule has 1 atom stereocenters. The quantitative estimate of drug-likeness (QED) is 0.556. The molecule has 0 aliphatic carbocycles. The maximum atomic E-state index is 10.5. The number of carbonyl (C=O) groups is 1. The fourth-order valence-corrected chi connectivity index (χ4v) is 2.48. The summed E-state index contributed by atoms with van der Waals surface area (Å²) < 4.78 is 0. The van der Waals surface area contributed by atoms with Crippen LogP contribution in [0, 0.1) is 5.92 Å². The average molecular weight is 377 g/mol. The van der Waals surface area contributed by atoms with E-state index in [1.54, 1.807) is 6.92 Å². The predicted octanol–water partition coefficient (Wildman–Crippen LogP) is 6.45. The molecule has 3 rings (SSSR count). The van der Waals surface area contributed by atoms with E-state index in [9.17, 15) is 4.79 Å². The van der Waals surface area contributed by atoms with Crippen LogP contribution in [0.2, 0.25) is 0 Å². The van der Waals surface area contributed by atoms with Gasteiger partial charge >= 0.3 is 5.97 Å². The largest absolute Gasteiger partial charge is 0.481 e. The molecule has 0 aliphatic heterocycles. The number of benzene rings is 3. The van der Waals surface area contributed by atoms with E-state index in [1.807, 2.05) is 42.5 Å². The number of carboxylic acids is 1. The van der Waals surface area contributed by atoms with Crippen molar-refractivity contribution in [1.82, 2.24) is 0 Å². The number of hydrogen-bond acceptors (Lipinski definition) is 1. The molecule has 0 amide bonds. The van der Waals surface area contributed by atoms with Crippen LogP contribution >= 0.6 is 0 Å². The van der Waals surface area contributed by atoms with Crippen molar-refractivity contribution in [2.45, 2.75) is 40.0 Å². The monoisotopic (exact) mass is 376 g/mol. The molecule has 3 aromatic carbocycles. The summed E-state index contributed by atoms with van der Waals surface area (Å²) in [5.41, 5.74) is 3.90. The average Bonchev–Trinajstić information content (AvgIpc) is 2.76. The van der Waals surface area contributed by atoms with Gasteiger partial charge in [-0.1, -0.05) is 112 Å². The molecule has 0 bridgehead atoms. The Hall–Kier alpha value is -2.87. The molecule has 0 fully saturated rings. The molecule has 3 aromatic rings. The van der Waals surface area contributed by atoms with Gasteiger partial charge in [0.05, 0.1) is 5.92 Å². The van der Waals surface area contributed by atoms with Crippen LogP contribution in [0.15, 0.2) is 91.0 Å². The minimum atomic E-state index is -0.737. The summed E-state index contributed by atoms with van der Waals surface area (Å²) in [7, 11) is 0. The summed E-state index contributed by atoms with van der Waals surface area (Å²) in [5, 5.41) is 8.64. The van der Waals surface area contributed by atoms with E-state index >= 15 is 0 Å². The van der Waals surface area contributed by atoms with Gasteiger partial charge in [-0.25, -0.2) is 0 Å². The van der Waals surface area contributed by atoms with Crippen molar-refractivity contribution in [2.24, 2.45) is 5.92 Å². The van der Waals surface area contributed by atoms with Gasteiger partial charge in [-0.2, -0.15) is 0 Å². The summed E-state index contributed by atoms with van der Waals surface area (Å²) in [6.07, 6.45) is 2.89. The van der Waals surface area contributed by atoms with Crippen molar-refractivity contribution in [2.75, 3.05) is 0 Å². The highest BCUT2D eigenvalue weighted by Crippen LogP contribution is 2.07. The number of rotatable bonds is 5. The lowest BCUT2D eigenvalue weighted by molar-refractivity contribution is -0.141. The van der Waals surface area contributed by atoms with Gasteiger partial charge in [-0.05, 0) is 36.0 Å². The van der Waals surface area contributed by atoms with Crippen LogP contribution < -0.4 is 0 Å². The molecule has 0 radical (unpaired) electrons.